The van der Waals surface area contributed by atoms with Gasteiger partial charge in [0.05, 0.1) is 0 Å². The lowest BCUT2D eigenvalue weighted by atomic mass is 11.8. The van der Waals surface area contributed by atoms with Gasteiger partial charge in [0.25, 0.3) is 0 Å². The van der Waals surface area contributed by atoms with Gasteiger partial charge in [-0.3, -0.25) is 0 Å². The van der Waals surface area contributed by atoms with E-state index in [0.29, 0.717) is 0 Å². The van der Waals surface area contributed by atoms with Gasteiger partial charge in [0.1, 0.15) is 0 Å². The van der Waals surface area contributed by atoms with Crippen molar-refractivity contribution in [3.05, 3.63) is 0 Å². The zero-order valence-electron chi connectivity index (χ0n) is 4.83. The third-order valence-electron chi connectivity index (χ3n) is 1.000. The lowest BCUT2D eigenvalue weighted by Crippen LogP contribution is -1.74. The van der Waals surface area contributed by atoms with Gasteiger partial charge < -0.3 is 0 Å². The lowest BCUT2D eigenvalue weighted by molar-refractivity contribution is 1.95. The molecule has 1 heterocycles. The summed E-state index contributed by atoms with van der Waals surface area (Å²) in [5.74, 6) is 6.28. The zero-order valence-corrected chi connectivity index (χ0v) is 8.83. The molecule has 1 saturated heterocycles. The molecule has 48 valence electrons. The highest BCUT2D eigenvalue weighted by molar-refractivity contribution is 7.73. The SMILES string of the molecule is C1PCPCPCP1. The molecule has 4 heteroatoms. The molecule has 0 atom stereocenters. The molecule has 0 N–H and O–H groups in total. The molecule has 0 aromatic carbocycles. The summed E-state index contributed by atoms with van der Waals surface area (Å²) in [5, 5.41) is 0. The van der Waals surface area contributed by atoms with Crippen molar-refractivity contribution in [1.82, 2.24) is 0 Å². The van der Waals surface area contributed by atoms with E-state index in [-0.39, 0.29) is 0 Å². The first-order valence-electron chi connectivity index (χ1n) is 2.83. The van der Waals surface area contributed by atoms with Crippen LogP contribution in [0.1, 0.15) is 0 Å². The fourth-order valence-corrected chi connectivity index (χ4v) is 9.93. The van der Waals surface area contributed by atoms with Crippen LogP contribution >= 0.6 is 34.3 Å². The highest BCUT2D eigenvalue weighted by Crippen LogP contribution is 2.40. The molecule has 0 bridgehead atoms. The van der Waals surface area contributed by atoms with Crippen LogP contribution in [0.3, 0.4) is 0 Å². The molecule has 0 nitrogen and oxygen atoms in total. The lowest BCUT2D eigenvalue weighted by Gasteiger charge is -2.06. The van der Waals surface area contributed by atoms with E-state index in [0.717, 1.165) is 0 Å². The minimum atomic E-state index is 1.32. The first kappa shape index (κ1) is 7.82. The van der Waals surface area contributed by atoms with Crippen LogP contribution in [0.15, 0.2) is 0 Å². The Hall–Kier alpha value is 1.72. The fourth-order valence-electron chi connectivity index (χ4n) is 0.604. The van der Waals surface area contributed by atoms with Gasteiger partial charge in [0, 0.05) is 0 Å². The van der Waals surface area contributed by atoms with Crippen molar-refractivity contribution in [2.24, 2.45) is 0 Å². The molecular weight excluding hydrogens is 172 g/mol. The van der Waals surface area contributed by atoms with Gasteiger partial charge in [0.15, 0.2) is 0 Å². The summed E-state index contributed by atoms with van der Waals surface area (Å²) in [7, 11) is 5.28. The van der Waals surface area contributed by atoms with Crippen molar-refractivity contribution < 1.29 is 0 Å². The molecule has 1 fully saturated rings. The van der Waals surface area contributed by atoms with E-state index < -0.39 is 0 Å². The fraction of sp³-hybridized carbons (Fsp3) is 1.00. The second-order valence-corrected chi connectivity index (χ2v) is 9.36. The summed E-state index contributed by atoms with van der Waals surface area (Å²) in [6.07, 6.45) is 0. The van der Waals surface area contributed by atoms with Gasteiger partial charge in [-0.05, 0) is 23.6 Å². The Labute approximate surface area is 58.5 Å². The van der Waals surface area contributed by atoms with E-state index >= 15 is 0 Å². The molecule has 1 rings (SSSR count). The van der Waals surface area contributed by atoms with Gasteiger partial charge in [0.2, 0.25) is 0 Å². The number of rotatable bonds is 0. The normalized spacial score (nSPS) is 36.0. The molecule has 0 amide bonds. The summed E-state index contributed by atoms with van der Waals surface area (Å²) in [6.45, 7) is 0. The van der Waals surface area contributed by atoms with Gasteiger partial charge in [-0.15, -0.1) is 34.3 Å². The van der Waals surface area contributed by atoms with Crippen molar-refractivity contribution in [1.29, 1.82) is 0 Å². The zero-order chi connectivity index (χ0) is 5.66. The van der Waals surface area contributed by atoms with E-state index in [4.69, 9.17) is 0 Å². The molecule has 0 spiro atoms. The van der Waals surface area contributed by atoms with E-state index in [1.807, 2.05) is 0 Å². The molecule has 0 unspecified atom stereocenters. The second kappa shape index (κ2) is 5.50. The second-order valence-electron chi connectivity index (χ2n) is 1.71. The predicted octanol–water partition coefficient (Wildman–Crippen LogP) is 2.54. The Morgan fingerprint density at radius 3 is 1.00 bits per heavy atom. The van der Waals surface area contributed by atoms with Crippen LogP contribution < -0.4 is 0 Å². The Bertz CT molecular complexity index is 32.0. The summed E-state index contributed by atoms with van der Waals surface area (Å²) < 4.78 is 0. The van der Waals surface area contributed by atoms with Gasteiger partial charge in [-0.25, -0.2) is 0 Å². The largest absolute Gasteiger partial charge is 0.114 e. The molecule has 1 aliphatic heterocycles. The van der Waals surface area contributed by atoms with Crippen molar-refractivity contribution in [3.63, 3.8) is 0 Å². The average molecular weight is 184 g/mol. The predicted molar refractivity (Wildman–Crippen MR) is 52.7 cm³/mol. The van der Waals surface area contributed by atoms with Gasteiger partial charge in [-0.1, -0.05) is 0 Å². The Morgan fingerprint density at radius 2 is 0.750 bits per heavy atom. The van der Waals surface area contributed by atoms with E-state index in [9.17, 15) is 0 Å². The third kappa shape index (κ3) is 3.69. The first-order chi connectivity index (χ1) is 4.00. The van der Waals surface area contributed by atoms with Crippen LogP contribution in [0.4, 0.5) is 0 Å². The topological polar surface area (TPSA) is 0 Å². The molecule has 0 saturated carbocycles. The van der Waals surface area contributed by atoms with Crippen LogP contribution in [0.25, 0.3) is 0 Å². The van der Waals surface area contributed by atoms with Crippen molar-refractivity contribution >= 4 is 34.3 Å². The molecule has 0 radical (unpaired) electrons. The summed E-state index contributed by atoms with van der Waals surface area (Å²) in [4.78, 5) is 0. The van der Waals surface area contributed by atoms with Crippen LogP contribution in [-0.4, -0.2) is 23.6 Å². The number of hydrogen-bond donors (Lipinski definition) is 0. The summed E-state index contributed by atoms with van der Waals surface area (Å²) in [5.41, 5.74) is 0. The molecule has 0 aromatic heterocycles. The van der Waals surface area contributed by atoms with Crippen molar-refractivity contribution in [2.75, 3.05) is 23.6 Å². The maximum atomic E-state index is 1.57. The Kier molecular flexibility index (Phi) is 5.38. The van der Waals surface area contributed by atoms with Crippen LogP contribution in [0.5, 0.6) is 0 Å². The Balaban J connectivity index is 2.00. The smallest absolute Gasteiger partial charge is 0.0169 e. The molecule has 0 aliphatic carbocycles. The highest BCUT2D eigenvalue weighted by atomic mass is 31.2. The Morgan fingerprint density at radius 1 is 0.500 bits per heavy atom. The highest BCUT2D eigenvalue weighted by Gasteiger charge is 1.94. The van der Waals surface area contributed by atoms with Gasteiger partial charge >= 0.3 is 0 Å². The first-order valence-corrected chi connectivity index (χ1v) is 8.49. The third-order valence-corrected chi connectivity index (χ3v) is 9.00. The van der Waals surface area contributed by atoms with E-state index in [1.165, 1.54) is 34.3 Å². The molecule has 0 aromatic rings. The molecule has 1 aliphatic rings. The van der Waals surface area contributed by atoms with Crippen LogP contribution in [0, 0.1) is 0 Å². The maximum Gasteiger partial charge on any atom is -0.0169 e. The van der Waals surface area contributed by atoms with Crippen LogP contribution in [-0.2, 0) is 0 Å². The van der Waals surface area contributed by atoms with E-state index in [2.05, 4.69) is 0 Å². The minimum Gasteiger partial charge on any atom is -0.114 e. The van der Waals surface area contributed by atoms with Crippen molar-refractivity contribution in [2.45, 2.75) is 0 Å². The van der Waals surface area contributed by atoms with Gasteiger partial charge in [-0.2, -0.15) is 0 Å². The number of hydrogen-bond acceptors (Lipinski definition) is 0. The summed E-state index contributed by atoms with van der Waals surface area (Å²) in [6, 6.07) is 0. The molecule has 8 heavy (non-hydrogen) atoms. The standard InChI is InChI=1S/C4H12P4/c1-5-2-7-4-8-3-6-1/h5-8H,1-4H2. The summed E-state index contributed by atoms with van der Waals surface area (Å²) >= 11 is 0. The monoisotopic (exact) mass is 184 g/mol. The average Bonchev–Trinajstić information content (AvgIpc) is 1.62. The minimum absolute atomic E-state index is 1.32. The van der Waals surface area contributed by atoms with Crippen molar-refractivity contribution in [3.8, 4) is 0 Å². The quantitative estimate of drug-likeness (QED) is 0.507. The van der Waals surface area contributed by atoms with E-state index in [1.54, 1.807) is 23.6 Å². The van der Waals surface area contributed by atoms with Crippen LogP contribution in [0.2, 0.25) is 0 Å². The maximum absolute atomic E-state index is 1.57. The molecular formula is C4H12P4.